The zero-order valence-electron chi connectivity index (χ0n) is 10.6. The molecule has 0 aliphatic carbocycles. The lowest BCUT2D eigenvalue weighted by atomic mass is 10.0. The summed E-state index contributed by atoms with van der Waals surface area (Å²) in [6, 6.07) is 23.8. The predicted octanol–water partition coefficient (Wildman–Crippen LogP) is 6.33. The number of thiophene rings is 1. The Hall–Kier alpha value is -1.39. The van der Waals surface area contributed by atoms with Crippen LogP contribution in [-0.2, 0) is 0 Å². The molecular weight excluding hydrogens is 375 g/mol. The van der Waals surface area contributed by atoms with Gasteiger partial charge in [0, 0.05) is 29.3 Å². The molecule has 0 aliphatic heterocycles. The fourth-order valence-corrected chi connectivity index (χ4v) is 4.85. The average molecular weight is 386 g/mol. The summed E-state index contributed by atoms with van der Waals surface area (Å²) in [6.07, 6.45) is 0. The van der Waals surface area contributed by atoms with E-state index in [2.05, 4.69) is 89.3 Å². The minimum atomic E-state index is 1.30. The summed E-state index contributed by atoms with van der Waals surface area (Å²) in [5, 5.41) is 2.73. The molecule has 0 amide bonds. The van der Waals surface area contributed by atoms with Crippen molar-refractivity contribution in [1.29, 1.82) is 0 Å². The first kappa shape index (κ1) is 12.4. The van der Waals surface area contributed by atoms with E-state index in [-0.39, 0.29) is 0 Å². The largest absolute Gasteiger partial charge is 0.134 e. The van der Waals surface area contributed by atoms with E-state index in [9.17, 15) is 0 Å². The standard InChI is InChI=1S/C18H11IS/c19-15-11-10-14-13-8-4-5-9-16(13)20-18(14)17(15)12-6-2-1-3-7-12/h1-11H. The van der Waals surface area contributed by atoms with Crippen LogP contribution in [0, 0.1) is 3.57 Å². The lowest BCUT2D eigenvalue weighted by Crippen LogP contribution is -1.82. The Morgan fingerprint density at radius 1 is 0.700 bits per heavy atom. The Morgan fingerprint density at radius 3 is 2.30 bits per heavy atom. The first-order chi connectivity index (χ1) is 9.84. The van der Waals surface area contributed by atoms with Crippen LogP contribution in [0.15, 0.2) is 66.7 Å². The van der Waals surface area contributed by atoms with E-state index < -0.39 is 0 Å². The van der Waals surface area contributed by atoms with Crippen LogP contribution in [0.25, 0.3) is 31.3 Å². The lowest BCUT2D eigenvalue weighted by molar-refractivity contribution is 1.64. The van der Waals surface area contributed by atoms with Crippen LogP contribution in [-0.4, -0.2) is 0 Å². The Kier molecular flexibility index (Phi) is 3.00. The van der Waals surface area contributed by atoms with Crippen molar-refractivity contribution in [2.24, 2.45) is 0 Å². The molecule has 1 aromatic heterocycles. The Bertz CT molecular complexity index is 907. The average Bonchev–Trinajstić information content (AvgIpc) is 2.86. The third-order valence-corrected chi connectivity index (χ3v) is 5.66. The second kappa shape index (κ2) is 4.86. The van der Waals surface area contributed by atoms with E-state index in [1.165, 1.54) is 34.9 Å². The van der Waals surface area contributed by atoms with Gasteiger partial charge in [-0.15, -0.1) is 11.3 Å². The first-order valence-corrected chi connectivity index (χ1v) is 8.39. The van der Waals surface area contributed by atoms with Crippen molar-refractivity contribution in [3.05, 3.63) is 70.3 Å². The smallest absolute Gasteiger partial charge is 0.0444 e. The van der Waals surface area contributed by atoms with Crippen LogP contribution in [0.2, 0.25) is 0 Å². The monoisotopic (exact) mass is 386 g/mol. The molecule has 0 nitrogen and oxygen atoms in total. The van der Waals surface area contributed by atoms with Gasteiger partial charge in [0.15, 0.2) is 0 Å². The van der Waals surface area contributed by atoms with Gasteiger partial charge in [-0.25, -0.2) is 0 Å². The Morgan fingerprint density at radius 2 is 1.45 bits per heavy atom. The summed E-state index contributed by atoms with van der Waals surface area (Å²) < 4.78 is 4.07. The highest BCUT2D eigenvalue weighted by atomic mass is 127. The third-order valence-electron chi connectivity index (χ3n) is 3.56. The molecule has 0 atom stereocenters. The van der Waals surface area contributed by atoms with Crippen molar-refractivity contribution in [1.82, 2.24) is 0 Å². The highest BCUT2D eigenvalue weighted by Crippen LogP contribution is 2.41. The molecule has 4 aromatic rings. The van der Waals surface area contributed by atoms with Gasteiger partial charge in [-0.2, -0.15) is 0 Å². The van der Waals surface area contributed by atoms with Crippen LogP contribution in [0.3, 0.4) is 0 Å². The minimum absolute atomic E-state index is 1.30. The first-order valence-electron chi connectivity index (χ1n) is 6.50. The molecule has 0 radical (unpaired) electrons. The molecule has 96 valence electrons. The van der Waals surface area contributed by atoms with Crippen LogP contribution in [0.5, 0.6) is 0 Å². The molecule has 0 aliphatic rings. The molecule has 20 heavy (non-hydrogen) atoms. The van der Waals surface area contributed by atoms with E-state index in [0.717, 1.165) is 0 Å². The Balaban J connectivity index is 2.17. The maximum Gasteiger partial charge on any atom is 0.0444 e. The van der Waals surface area contributed by atoms with Crippen molar-refractivity contribution in [2.45, 2.75) is 0 Å². The summed E-state index contributed by atoms with van der Waals surface area (Å²) in [6.45, 7) is 0. The SMILES string of the molecule is Ic1ccc2c(sc3ccccc32)c1-c1ccccc1. The molecule has 2 heteroatoms. The van der Waals surface area contributed by atoms with Crippen LogP contribution >= 0.6 is 33.9 Å². The van der Waals surface area contributed by atoms with Crippen LogP contribution in [0.1, 0.15) is 0 Å². The second-order valence-electron chi connectivity index (χ2n) is 4.76. The van der Waals surface area contributed by atoms with Gasteiger partial charge in [-0.05, 0) is 40.3 Å². The number of hydrogen-bond donors (Lipinski definition) is 0. The summed E-state index contributed by atoms with van der Waals surface area (Å²) in [5.41, 5.74) is 2.67. The van der Waals surface area contributed by atoms with Crippen molar-refractivity contribution < 1.29 is 0 Å². The molecule has 0 unspecified atom stereocenters. The van der Waals surface area contributed by atoms with Gasteiger partial charge in [0.25, 0.3) is 0 Å². The molecule has 0 saturated carbocycles. The molecule has 0 spiro atoms. The highest BCUT2D eigenvalue weighted by molar-refractivity contribution is 14.1. The van der Waals surface area contributed by atoms with Gasteiger partial charge in [0.05, 0.1) is 0 Å². The normalized spacial score (nSPS) is 11.2. The Labute approximate surface area is 135 Å². The molecular formula is C18H11IS. The van der Waals surface area contributed by atoms with Gasteiger partial charge >= 0.3 is 0 Å². The van der Waals surface area contributed by atoms with Gasteiger partial charge in [0.2, 0.25) is 0 Å². The zero-order valence-corrected chi connectivity index (χ0v) is 13.6. The summed E-state index contributed by atoms with van der Waals surface area (Å²) in [4.78, 5) is 0. The molecule has 4 rings (SSSR count). The zero-order chi connectivity index (χ0) is 13.5. The van der Waals surface area contributed by atoms with Gasteiger partial charge in [0.1, 0.15) is 0 Å². The van der Waals surface area contributed by atoms with Gasteiger partial charge in [-0.3, -0.25) is 0 Å². The molecule has 0 fully saturated rings. The van der Waals surface area contributed by atoms with Crippen molar-refractivity contribution in [2.75, 3.05) is 0 Å². The molecule has 0 bridgehead atoms. The van der Waals surface area contributed by atoms with Crippen molar-refractivity contribution in [3.63, 3.8) is 0 Å². The van der Waals surface area contributed by atoms with E-state index in [4.69, 9.17) is 0 Å². The fourth-order valence-electron chi connectivity index (χ4n) is 2.64. The van der Waals surface area contributed by atoms with Crippen LogP contribution < -0.4 is 0 Å². The second-order valence-corrected chi connectivity index (χ2v) is 6.98. The number of fused-ring (bicyclic) bond motifs is 3. The minimum Gasteiger partial charge on any atom is -0.134 e. The van der Waals surface area contributed by atoms with Crippen molar-refractivity contribution in [3.8, 4) is 11.1 Å². The molecule has 0 saturated heterocycles. The fraction of sp³-hybridized carbons (Fsp3) is 0. The molecule has 3 aromatic carbocycles. The maximum atomic E-state index is 2.44. The topological polar surface area (TPSA) is 0 Å². The van der Waals surface area contributed by atoms with E-state index >= 15 is 0 Å². The van der Waals surface area contributed by atoms with Gasteiger partial charge < -0.3 is 0 Å². The quantitative estimate of drug-likeness (QED) is 0.336. The molecule has 0 N–H and O–H groups in total. The van der Waals surface area contributed by atoms with E-state index in [1.54, 1.807) is 0 Å². The highest BCUT2D eigenvalue weighted by Gasteiger charge is 2.12. The summed E-state index contributed by atoms with van der Waals surface area (Å²) >= 11 is 4.34. The summed E-state index contributed by atoms with van der Waals surface area (Å²) in [7, 11) is 0. The lowest BCUT2D eigenvalue weighted by Gasteiger charge is -2.06. The number of halogens is 1. The van der Waals surface area contributed by atoms with Crippen molar-refractivity contribution >= 4 is 54.1 Å². The molecule has 1 heterocycles. The van der Waals surface area contributed by atoms with Crippen LogP contribution in [0.4, 0.5) is 0 Å². The summed E-state index contributed by atoms with van der Waals surface area (Å²) in [5.74, 6) is 0. The number of hydrogen-bond acceptors (Lipinski definition) is 1. The number of rotatable bonds is 1. The maximum absolute atomic E-state index is 2.44. The van der Waals surface area contributed by atoms with Gasteiger partial charge in [-0.1, -0.05) is 54.6 Å². The van der Waals surface area contributed by atoms with E-state index in [0.29, 0.717) is 0 Å². The number of benzene rings is 3. The third kappa shape index (κ3) is 1.86. The predicted molar refractivity (Wildman–Crippen MR) is 97.5 cm³/mol. The van der Waals surface area contributed by atoms with E-state index in [1.807, 2.05) is 11.3 Å².